The number of pyridine rings is 1. The standard InChI is InChI=1S/C13H12F3N3O/c1-7(13(14,15)16)20-11-8-4-2-3-5-10(8)19-6-9(11)12(17)18/h2-7H,1H3,(H3,17,18). The summed E-state index contributed by atoms with van der Waals surface area (Å²) in [6.07, 6.45) is -5.27. The molecule has 20 heavy (non-hydrogen) atoms. The molecule has 106 valence electrons. The van der Waals surface area contributed by atoms with E-state index < -0.39 is 18.1 Å². The Kier molecular flexibility index (Phi) is 3.52. The fraction of sp³-hybridized carbons (Fsp3) is 0.231. The highest BCUT2D eigenvalue weighted by molar-refractivity contribution is 6.02. The van der Waals surface area contributed by atoms with Crippen molar-refractivity contribution in [3.8, 4) is 5.75 Å². The third-order valence-corrected chi connectivity index (χ3v) is 2.77. The number of nitrogens with two attached hydrogens (primary N) is 1. The molecule has 1 heterocycles. The lowest BCUT2D eigenvalue weighted by Gasteiger charge is -2.20. The Balaban J connectivity index is 2.58. The molecule has 0 aliphatic heterocycles. The van der Waals surface area contributed by atoms with E-state index in [1.807, 2.05) is 0 Å². The number of para-hydroxylation sites is 1. The fourth-order valence-electron chi connectivity index (χ4n) is 1.68. The highest BCUT2D eigenvalue weighted by Gasteiger charge is 2.38. The Bertz CT molecular complexity index is 655. The van der Waals surface area contributed by atoms with E-state index >= 15 is 0 Å². The summed E-state index contributed by atoms with van der Waals surface area (Å²) < 4.78 is 42.9. The van der Waals surface area contributed by atoms with Gasteiger partial charge in [0, 0.05) is 11.6 Å². The number of aromatic nitrogens is 1. The van der Waals surface area contributed by atoms with E-state index in [1.165, 1.54) is 6.20 Å². The average Bonchev–Trinajstić information content (AvgIpc) is 2.37. The first-order valence-electron chi connectivity index (χ1n) is 5.76. The summed E-state index contributed by atoms with van der Waals surface area (Å²) in [5, 5.41) is 7.81. The smallest absolute Gasteiger partial charge is 0.425 e. The van der Waals surface area contributed by atoms with Crippen LogP contribution in [0.2, 0.25) is 0 Å². The maximum atomic E-state index is 12.6. The van der Waals surface area contributed by atoms with Crippen LogP contribution < -0.4 is 10.5 Å². The molecular formula is C13H12F3N3O. The van der Waals surface area contributed by atoms with Gasteiger partial charge in [0.15, 0.2) is 6.10 Å². The number of amidine groups is 1. The van der Waals surface area contributed by atoms with Gasteiger partial charge in [-0.25, -0.2) is 0 Å². The van der Waals surface area contributed by atoms with E-state index in [9.17, 15) is 13.2 Å². The molecule has 0 amide bonds. The number of alkyl halides is 3. The van der Waals surface area contributed by atoms with E-state index in [1.54, 1.807) is 24.3 Å². The van der Waals surface area contributed by atoms with E-state index in [2.05, 4.69) is 4.98 Å². The summed E-state index contributed by atoms with van der Waals surface area (Å²) in [6, 6.07) is 6.58. The second-order valence-corrected chi connectivity index (χ2v) is 4.23. The molecule has 0 saturated heterocycles. The van der Waals surface area contributed by atoms with Crippen molar-refractivity contribution in [2.45, 2.75) is 19.2 Å². The van der Waals surface area contributed by atoms with E-state index in [4.69, 9.17) is 15.9 Å². The molecule has 1 aromatic carbocycles. The maximum absolute atomic E-state index is 12.6. The zero-order valence-electron chi connectivity index (χ0n) is 10.5. The van der Waals surface area contributed by atoms with Gasteiger partial charge in [-0.1, -0.05) is 12.1 Å². The van der Waals surface area contributed by atoms with Crippen molar-refractivity contribution in [1.82, 2.24) is 4.98 Å². The summed E-state index contributed by atoms with van der Waals surface area (Å²) in [5.74, 6) is -0.472. The zero-order chi connectivity index (χ0) is 14.9. The second-order valence-electron chi connectivity index (χ2n) is 4.23. The molecule has 1 aromatic heterocycles. The number of nitrogens with one attached hydrogen (secondary N) is 1. The second kappa shape index (κ2) is 4.99. The van der Waals surface area contributed by atoms with Crippen LogP contribution in [0.4, 0.5) is 13.2 Å². The molecule has 3 N–H and O–H groups in total. The predicted molar refractivity (Wildman–Crippen MR) is 68.9 cm³/mol. The Morgan fingerprint density at radius 1 is 1.35 bits per heavy atom. The minimum atomic E-state index is -4.50. The molecule has 0 aliphatic carbocycles. The van der Waals surface area contributed by atoms with Crippen molar-refractivity contribution >= 4 is 16.7 Å². The van der Waals surface area contributed by atoms with Crippen LogP contribution in [-0.2, 0) is 0 Å². The van der Waals surface area contributed by atoms with Crippen LogP contribution in [0.3, 0.4) is 0 Å². The van der Waals surface area contributed by atoms with Gasteiger partial charge in [-0.15, -0.1) is 0 Å². The topological polar surface area (TPSA) is 72.0 Å². The number of rotatable bonds is 3. The van der Waals surface area contributed by atoms with E-state index in [0.717, 1.165) is 6.92 Å². The molecule has 4 nitrogen and oxygen atoms in total. The van der Waals surface area contributed by atoms with Crippen molar-refractivity contribution in [2.75, 3.05) is 0 Å². The highest BCUT2D eigenvalue weighted by atomic mass is 19.4. The molecule has 0 saturated carbocycles. The zero-order valence-corrected chi connectivity index (χ0v) is 10.5. The normalized spacial score (nSPS) is 13.2. The molecule has 1 atom stereocenters. The lowest BCUT2D eigenvalue weighted by molar-refractivity contribution is -0.189. The van der Waals surface area contributed by atoms with Gasteiger partial charge < -0.3 is 10.5 Å². The highest BCUT2D eigenvalue weighted by Crippen LogP contribution is 2.32. The molecular weight excluding hydrogens is 271 g/mol. The molecule has 0 fully saturated rings. The maximum Gasteiger partial charge on any atom is 0.425 e. The van der Waals surface area contributed by atoms with E-state index in [-0.39, 0.29) is 11.3 Å². The predicted octanol–water partition coefficient (Wildman–Crippen LogP) is 2.85. The van der Waals surface area contributed by atoms with Crippen LogP contribution in [0.25, 0.3) is 10.9 Å². The molecule has 1 unspecified atom stereocenters. The lowest BCUT2D eigenvalue weighted by atomic mass is 10.1. The largest absolute Gasteiger partial charge is 0.480 e. The van der Waals surface area contributed by atoms with Gasteiger partial charge in [0.2, 0.25) is 0 Å². The SMILES string of the molecule is CC(Oc1c(C(=N)N)cnc2ccccc12)C(F)(F)F. The summed E-state index contributed by atoms with van der Waals surface area (Å²) in [5.41, 5.74) is 5.89. The summed E-state index contributed by atoms with van der Waals surface area (Å²) in [4.78, 5) is 4.05. The molecule has 0 radical (unpaired) electrons. The van der Waals surface area contributed by atoms with Crippen molar-refractivity contribution in [2.24, 2.45) is 5.73 Å². The van der Waals surface area contributed by atoms with Gasteiger partial charge in [0.25, 0.3) is 0 Å². The molecule has 2 aromatic rings. The quantitative estimate of drug-likeness (QED) is 0.672. The number of ether oxygens (including phenoxy) is 1. The number of benzene rings is 1. The van der Waals surface area contributed by atoms with E-state index in [0.29, 0.717) is 10.9 Å². The summed E-state index contributed by atoms with van der Waals surface area (Å²) in [6.45, 7) is 0.902. The molecule has 7 heteroatoms. The number of hydrogen-bond donors (Lipinski definition) is 2. The van der Waals surface area contributed by atoms with Gasteiger partial charge >= 0.3 is 6.18 Å². The number of hydrogen-bond acceptors (Lipinski definition) is 3. The third kappa shape index (κ3) is 2.66. The van der Waals surface area contributed by atoms with Gasteiger partial charge in [-0.05, 0) is 19.1 Å². The van der Waals surface area contributed by atoms with Crippen molar-refractivity contribution in [3.05, 3.63) is 36.0 Å². The first-order valence-corrected chi connectivity index (χ1v) is 5.76. The van der Waals surface area contributed by atoms with Crippen LogP contribution in [0.1, 0.15) is 12.5 Å². The van der Waals surface area contributed by atoms with Gasteiger partial charge in [-0.2, -0.15) is 13.2 Å². The third-order valence-electron chi connectivity index (χ3n) is 2.77. The number of halogens is 3. The molecule has 0 aliphatic rings. The van der Waals surface area contributed by atoms with Gasteiger partial charge in [-0.3, -0.25) is 10.4 Å². The van der Waals surface area contributed by atoms with Crippen molar-refractivity contribution in [3.63, 3.8) is 0 Å². The minimum absolute atomic E-state index is 0.0415. The minimum Gasteiger partial charge on any atom is -0.480 e. The monoisotopic (exact) mass is 283 g/mol. The average molecular weight is 283 g/mol. The first kappa shape index (κ1) is 14.1. The lowest BCUT2D eigenvalue weighted by Crippen LogP contribution is -2.32. The number of nitrogen functional groups attached to an aromatic ring is 1. The first-order chi connectivity index (χ1) is 9.30. The van der Waals surface area contributed by atoms with Gasteiger partial charge in [0.05, 0.1) is 11.1 Å². The van der Waals surface area contributed by atoms with Crippen LogP contribution in [0, 0.1) is 5.41 Å². The van der Waals surface area contributed by atoms with Crippen LogP contribution >= 0.6 is 0 Å². The van der Waals surface area contributed by atoms with Crippen LogP contribution in [-0.4, -0.2) is 23.1 Å². The molecule has 2 rings (SSSR count). The Morgan fingerprint density at radius 2 is 2.00 bits per heavy atom. The fourth-order valence-corrected chi connectivity index (χ4v) is 1.68. The molecule has 0 bridgehead atoms. The Morgan fingerprint density at radius 3 is 2.60 bits per heavy atom. The van der Waals surface area contributed by atoms with Crippen molar-refractivity contribution < 1.29 is 17.9 Å². The molecule has 0 spiro atoms. The van der Waals surface area contributed by atoms with Crippen LogP contribution in [0.15, 0.2) is 30.5 Å². The van der Waals surface area contributed by atoms with Crippen molar-refractivity contribution in [1.29, 1.82) is 5.41 Å². The summed E-state index contributed by atoms with van der Waals surface area (Å²) in [7, 11) is 0. The Labute approximate surface area is 112 Å². The van der Waals surface area contributed by atoms with Crippen LogP contribution in [0.5, 0.6) is 5.75 Å². The summed E-state index contributed by atoms with van der Waals surface area (Å²) >= 11 is 0. The number of nitrogens with zero attached hydrogens (tertiary/aromatic N) is 1. The number of fused-ring (bicyclic) bond motifs is 1. The Hall–Kier alpha value is -2.31. The van der Waals surface area contributed by atoms with Gasteiger partial charge in [0.1, 0.15) is 11.6 Å².